The molecule has 1 fully saturated rings. The Bertz CT molecular complexity index is 702. The summed E-state index contributed by atoms with van der Waals surface area (Å²) in [7, 11) is 0. The number of imidazole rings is 1. The van der Waals surface area contributed by atoms with Crippen LogP contribution in [0.2, 0.25) is 5.02 Å². The van der Waals surface area contributed by atoms with Crippen LogP contribution in [0.1, 0.15) is 45.5 Å². The fourth-order valence-electron chi connectivity index (χ4n) is 2.84. The van der Waals surface area contributed by atoms with Crippen molar-refractivity contribution in [1.29, 1.82) is 0 Å². The third-order valence-corrected chi connectivity index (χ3v) is 4.25. The summed E-state index contributed by atoms with van der Waals surface area (Å²) in [5.74, 6) is 0.654. The molecule has 1 aromatic carbocycles. The van der Waals surface area contributed by atoms with E-state index in [2.05, 4.69) is 18.4 Å². The van der Waals surface area contributed by atoms with Crippen LogP contribution < -0.4 is 0 Å². The van der Waals surface area contributed by atoms with E-state index in [-0.39, 0.29) is 12.0 Å². The van der Waals surface area contributed by atoms with E-state index < -0.39 is 5.41 Å². The molecule has 0 N–H and O–H groups in total. The van der Waals surface area contributed by atoms with Gasteiger partial charge in [0.2, 0.25) is 0 Å². The third kappa shape index (κ3) is 2.22. The molecule has 0 spiro atoms. The van der Waals surface area contributed by atoms with E-state index in [0.717, 1.165) is 29.7 Å². The van der Waals surface area contributed by atoms with Crippen molar-refractivity contribution >= 4 is 28.6 Å². The Morgan fingerprint density at radius 2 is 2.19 bits per heavy atom. The number of hydrogen-bond acceptors (Lipinski definition) is 3. The molecule has 0 aliphatic heterocycles. The highest BCUT2D eigenvalue weighted by Crippen LogP contribution is 2.50. The number of carbonyl (C=O) groups excluding carboxylic acids is 1. The van der Waals surface area contributed by atoms with Crippen LogP contribution in [-0.2, 0) is 14.9 Å². The lowest BCUT2D eigenvalue weighted by atomic mass is 10.1. The Morgan fingerprint density at radius 3 is 2.76 bits per heavy atom. The van der Waals surface area contributed by atoms with Gasteiger partial charge < -0.3 is 9.30 Å². The second kappa shape index (κ2) is 5.02. The zero-order valence-electron chi connectivity index (χ0n) is 12.5. The minimum Gasteiger partial charge on any atom is -0.465 e. The van der Waals surface area contributed by atoms with Crippen LogP contribution in [0, 0.1) is 0 Å². The maximum atomic E-state index is 12.3. The SMILES string of the molecule is CCOC(=O)C1(c2nc3ccc(Cl)cc3n2C(C)C)CC1. The minimum absolute atomic E-state index is 0.159. The van der Waals surface area contributed by atoms with Gasteiger partial charge in [-0.25, -0.2) is 4.98 Å². The van der Waals surface area contributed by atoms with Crippen molar-refractivity contribution in [2.75, 3.05) is 6.61 Å². The molecule has 0 saturated heterocycles. The van der Waals surface area contributed by atoms with Gasteiger partial charge in [0.25, 0.3) is 0 Å². The van der Waals surface area contributed by atoms with Gasteiger partial charge in [-0.15, -0.1) is 0 Å². The van der Waals surface area contributed by atoms with Gasteiger partial charge >= 0.3 is 5.97 Å². The highest BCUT2D eigenvalue weighted by molar-refractivity contribution is 6.31. The highest BCUT2D eigenvalue weighted by Gasteiger charge is 2.56. The molecule has 0 radical (unpaired) electrons. The monoisotopic (exact) mass is 306 g/mol. The number of hydrogen-bond donors (Lipinski definition) is 0. The molecule has 4 nitrogen and oxygen atoms in total. The molecule has 1 aliphatic carbocycles. The van der Waals surface area contributed by atoms with Gasteiger partial charge in [-0.2, -0.15) is 0 Å². The highest BCUT2D eigenvalue weighted by atomic mass is 35.5. The lowest BCUT2D eigenvalue weighted by Crippen LogP contribution is -2.27. The molecule has 0 unspecified atom stereocenters. The summed E-state index contributed by atoms with van der Waals surface area (Å²) in [6, 6.07) is 5.85. The van der Waals surface area contributed by atoms with E-state index in [1.165, 1.54) is 0 Å². The number of nitrogens with zero attached hydrogens (tertiary/aromatic N) is 2. The Labute approximate surface area is 129 Å². The molecule has 1 aromatic heterocycles. The van der Waals surface area contributed by atoms with Gasteiger partial charge in [0.15, 0.2) is 0 Å². The summed E-state index contributed by atoms with van der Waals surface area (Å²) < 4.78 is 7.38. The molecule has 1 saturated carbocycles. The van der Waals surface area contributed by atoms with E-state index in [4.69, 9.17) is 21.3 Å². The Balaban J connectivity index is 2.19. The zero-order valence-corrected chi connectivity index (χ0v) is 13.3. The quantitative estimate of drug-likeness (QED) is 0.806. The van der Waals surface area contributed by atoms with Gasteiger partial charge in [-0.1, -0.05) is 11.6 Å². The summed E-state index contributed by atoms with van der Waals surface area (Å²) in [5.41, 5.74) is 1.29. The fraction of sp³-hybridized carbons (Fsp3) is 0.500. The number of rotatable bonds is 4. The van der Waals surface area contributed by atoms with Crippen molar-refractivity contribution in [3.8, 4) is 0 Å². The van der Waals surface area contributed by atoms with Gasteiger partial charge in [-0.3, -0.25) is 4.79 Å². The number of benzene rings is 1. The molecule has 0 amide bonds. The van der Waals surface area contributed by atoms with Crippen LogP contribution in [0.3, 0.4) is 0 Å². The molecular weight excluding hydrogens is 288 g/mol. The van der Waals surface area contributed by atoms with Crippen molar-refractivity contribution in [3.63, 3.8) is 0 Å². The second-order valence-electron chi connectivity index (χ2n) is 5.83. The normalized spacial score (nSPS) is 16.4. The number of ether oxygens (including phenoxy) is 1. The first-order chi connectivity index (χ1) is 9.99. The molecule has 0 atom stereocenters. The van der Waals surface area contributed by atoms with Crippen LogP contribution in [0.4, 0.5) is 0 Å². The first kappa shape index (κ1) is 14.4. The number of carbonyl (C=O) groups is 1. The fourth-order valence-corrected chi connectivity index (χ4v) is 3.01. The molecule has 21 heavy (non-hydrogen) atoms. The molecule has 112 valence electrons. The van der Waals surface area contributed by atoms with Crippen molar-refractivity contribution in [1.82, 2.24) is 9.55 Å². The first-order valence-corrected chi connectivity index (χ1v) is 7.72. The number of fused-ring (bicyclic) bond motifs is 1. The summed E-state index contributed by atoms with van der Waals surface area (Å²) >= 11 is 6.11. The smallest absolute Gasteiger partial charge is 0.319 e. The Kier molecular flexibility index (Phi) is 3.44. The minimum atomic E-state index is -0.564. The molecule has 3 rings (SSSR count). The molecule has 5 heteroatoms. The number of halogens is 1. The molecule has 2 aromatic rings. The van der Waals surface area contributed by atoms with Gasteiger partial charge in [0, 0.05) is 11.1 Å². The van der Waals surface area contributed by atoms with E-state index in [1.807, 2.05) is 25.1 Å². The van der Waals surface area contributed by atoms with Crippen molar-refractivity contribution in [3.05, 3.63) is 29.0 Å². The van der Waals surface area contributed by atoms with Gasteiger partial charge in [-0.05, 0) is 51.8 Å². The lowest BCUT2D eigenvalue weighted by Gasteiger charge is -2.18. The Morgan fingerprint density at radius 1 is 1.48 bits per heavy atom. The van der Waals surface area contributed by atoms with Crippen LogP contribution in [-0.4, -0.2) is 22.1 Å². The van der Waals surface area contributed by atoms with Gasteiger partial charge in [0.05, 0.1) is 17.6 Å². The maximum absolute atomic E-state index is 12.3. The van der Waals surface area contributed by atoms with Crippen LogP contribution >= 0.6 is 11.6 Å². The third-order valence-electron chi connectivity index (χ3n) is 4.01. The van der Waals surface area contributed by atoms with E-state index >= 15 is 0 Å². The molecular formula is C16H19ClN2O2. The zero-order chi connectivity index (χ0) is 15.2. The summed E-state index contributed by atoms with van der Waals surface area (Å²) in [6.45, 7) is 6.41. The summed E-state index contributed by atoms with van der Waals surface area (Å²) in [6.07, 6.45) is 1.60. The van der Waals surface area contributed by atoms with Crippen LogP contribution in [0.5, 0.6) is 0 Å². The lowest BCUT2D eigenvalue weighted by molar-refractivity contribution is -0.146. The summed E-state index contributed by atoms with van der Waals surface area (Å²) in [4.78, 5) is 17.1. The number of aromatic nitrogens is 2. The number of esters is 1. The topological polar surface area (TPSA) is 44.1 Å². The van der Waals surface area contributed by atoms with E-state index in [1.54, 1.807) is 0 Å². The predicted molar refractivity (Wildman–Crippen MR) is 82.7 cm³/mol. The second-order valence-corrected chi connectivity index (χ2v) is 6.27. The average molecular weight is 307 g/mol. The molecule has 1 heterocycles. The average Bonchev–Trinajstić information content (AvgIpc) is 3.14. The maximum Gasteiger partial charge on any atom is 0.319 e. The van der Waals surface area contributed by atoms with Crippen molar-refractivity contribution in [2.45, 2.75) is 45.1 Å². The summed E-state index contributed by atoms with van der Waals surface area (Å²) in [5, 5.41) is 0.678. The van der Waals surface area contributed by atoms with Crippen molar-refractivity contribution in [2.24, 2.45) is 0 Å². The largest absolute Gasteiger partial charge is 0.465 e. The van der Waals surface area contributed by atoms with E-state index in [9.17, 15) is 4.79 Å². The standard InChI is InChI=1S/C16H19ClN2O2/c1-4-21-15(20)16(7-8-16)14-18-12-6-5-11(17)9-13(12)19(14)10(2)3/h5-6,9-10H,4,7-8H2,1-3H3. The van der Waals surface area contributed by atoms with E-state index in [0.29, 0.717) is 11.6 Å². The van der Waals surface area contributed by atoms with Crippen molar-refractivity contribution < 1.29 is 9.53 Å². The van der Waals surface area contributed by atoms with Crippen LogP contribution in [0.15, 0.2) is 18.2 Å². The van der Waals surface area contributed by atoms with Crippen LogP contribution in [0.25, 0.3) is 11.0 Å². The predicted octanol–water partition coefficient (Wildman–Crippen LogP) is 3.87. The van der Waals surface area contributed by atoms with Gasteiger partial charge in [0.1, 0.15) is 11.2 Å². The molecule has 0 bridgehead atoms. The first-order valence-electron chi connectivity index (χ1n) is 7.35. The Hall–Kier alpha value is -1.55. The molecule has 1 aliphatic rings.